The number of benzene rings is 1. The summed E-state index contributed by atoms with van der Waals surface area (Å²) >= 11 is 0. The summed E-state index contributed by atoms with van der Waals surface area (Å²) in [7, 11) is 0. The van der Waals surface area contributed by atoms with Crippen LogP contribution in [0.4, 0.5) is 27.8 Å². The van der Waals surface area contributed by atoms with Crippen molar-refractivity contribution in [1.82, 2.24) is 9.88 Å². The minimum atomic E-state index is -2.99. The highest BCUT2D eigenvalue weighted by Gasteiger charge is 2.46. The van der Waals surface area contributed by atoms with Crippen molar-refractivity contribution in [2.24, 2.45) is 0 Å². The van der Waals surface area contributed by atoms with E-state index in [4.69, 9.17) is 4.74 Å². The van der Waals surface area contributed by atoms with Gasteiger partial charge in [0.25, 0.3) is 5.92 Å². The molecular weight excluding hydrogens is 487 g/mol. The van der Waals surface area contributed by atoms with Gasteiger partial charge in [-0.25, -0.2) is 22.5 Å². The SMILES string of the molecule is CC(C(=O)Nc1ccc(Oc2ccc(F)c(F)c2F)cn1)N1CCC(F)(F)C(c2cc[n+]([O-])cc2)C1. The van der Waals surface area contributed by atoms with E-state index in [0.717, 1.165) is 30.7 Å². The molecule has 0 bridgehead atoms. The summed E-state index contributed by atoms with van der Waals surface area (Å²) in [5.74, 6) is -9.60. The quantitative estimate of drug-likeness (QED) is 0.231. The Balaban J connectivity index is 1.39. The van der Waals surface area contributed by atoms with E-state index in [2.05, 4.69) is 10.3 Å². The molecule has 4 rings (SSSR count). The van der Waals surface area contributed by atoms with Crippen LogP contribution >= 0.6 is 0 Å². The molecule has 1 saturated heterocycles. The number of nitrogens with one attached hydrogen (secondary N) is 1. The molecule has 190 valence electrons. The number of hydrogen-bond acceptors (Lipinski definition) is 5. The number of piperidine rings is 1. The van der Waals surface area contributed by atoms with Crippen LogP contribution in [0, 0.1) is 22.7 Å². The Kier molecular flexibility index (Phi) is 7.07. The molecule has 0 aliphatic carbocycles. The predicted octanol–water partition coefficient (Wildman–Crippen LogP) is 4.38. The average Bonchev–Trinajstić information content (AvgIpc) is 2.85. The highest BCUT2D eigenvalue weighted by atomic mass is 19.3. The Bertz CT molecular complexity index is 1240. The maximum Gasteiger partial charge on any atom is 0.257 e. The number of alkyl halides is 2. The number of hydrogen-bond donors (Lipinski definition) is 1. The Labute approximate surface area is 202 Å². The van der Waals surface area contributed by atoms with Crippen molar-refractivity contribution in [2.45, 2.75) is 31.2 Å². The zero-order chi connectivity index (χ0) is 26.0. The molecular formula is C24H21F5N4O3. The number of anilines is 1. The molecule has 2 unspecified atom stereocenters. The predicted molar refractivity (Wildman–Crippen MR) is 118 cm³/mol. The smallest absolute Gasteiger partial charge is 0.257 e. The van der Waals surface area contributed by atoms with Gasteiger partial charge < -0.3 is 15.3 Å². The van der Waals surface area contributed by atoms with Crippen LogP contribution < -0.4 is 14.8 Å². The van der Waals surface area contributed by atoms with Crippen molar-refractivity contribution in [2.75, 3.05) is 18.4 Å². The molecule has 1 N–H and O–H groups in total. The van der Waals surface area contributed by atoms with Crippen molar-refractivity contribution >= 4 is 11.7 Å². The number of likely N-dealkylation sites (tertiary alicyclic amines) is 1. The molecule has 3 aromatic rings. The molecule has 1 aromatic carbocycles. The van der Waals surface area contributed by atoms with Gasteiger partial charge in [-0.3, -0.25) is 9.69 Å². The lowest BCUT2D eigenvalue weighted by Crippen LogP contribution is -2.52. The first kappa shape index (κ1) is 25.3. The van der Waals surface area contributed by atoms with Gasteiger partial charge in [-0.2, -0.15) is 9.12 Å². The normalized spacial score (nSPS) is 18.4. The van der Waals surface area contributed by atoms with Crippen LogP contribution in [0.3, 0.4) is 0 Å². The van der Waals surface area contributed by atoms with Crippen LogP contribution in [0.5, 0.6) is 11.5 Å². The van der Waals surface area contributed by atoms with Crippen LogP contribution in [-0.4, -0.2) is 40.8 Å². The maximum atomic E-state index is 14.6. The molecule has 12 heteroatoms. The molecule has 0 spiro atoms. The first-order chi connectivity index (χ1) is 17.0. The standard InChI is InChI=1S/C24H21F5N4O3/c1-14(32-11-8-24(28,29)17(13-32)15-6-9-33(35)10-7-15)23(34)31-20-5-2-16(12-30-20)36-19-4-3-18(25)21(26)22(19)27/h2-7,9-10,12,14,17H,8,11,13H2,1H3,(H,30,31,34). The number of halogens is 5. The largest absolute Gasteiger partial charge is 0.619 e. The summed E-state index contributed by atoms with van der Waals surface area (Å²) in [6.07, 6.45) is 3.00. The highest BCUT2D eigenvalue weighted by molar-refractivity contribution is 5.93. The van der Waals surface area contributed by atoms with E-state index in [0.29, 0.717) is 10.3 Å². The summed E-state index contributed by atoms with van der Waals surface area (Å²) in [4.78, 5) is 18.4. The van der Waals surface area contributed by atoms with Crippen molar-refractivity contribution in [3.05, 3.63) is 83.2 Å². The molecule has 1 fully saturated rings. The Morgan fingerprint density at radius 2 is 1.89 bits per heavy atom. The Morgan fingerprint density at radius 3 is 2.56 bits per heavy atom. The third-order valence-electron chi connectivity index (χ3n) is 6.03. The van der Waals surface area contributed by atoms with Crippen molar-refractivity contribution in [1.29, 1.82) is 0 Å². The summed E-state index contributed by atoms with van der Waals surface area (Å²) in [5, 5.41) is 13.8. The molecule has 1 amide bonds. The van der Waals surface area contributed by atoms with Crippen molar-refractivity contribution in [3.8, 4) is 11.5 Å². The molecule has 2 aromatic heterocycles. The first-order valence-electron chi connectivity index (χ1n) is 10.9. The molecule has 1 aliphatic heterocycles. The molecule has 7 nitrogen and oxygen atoms in total. The van der Waals surface area contributed by atoms with Crippen LogP contribution in [0.1, 0.15) is 24.8 Å². The number of aromatic nitrogens is 2. The topological polar surface area (TPSA) is 81.4 Å². The third-order valence-corrected chi connectivity index (χ3v) is 6.03. The Morgan fingerprint density at radius 1 is 1.17 bits per heavy atom. The molecule has 2 atom stereocenters. The van der Waals surface area contributed by atoms with Crippen molar-refractivity contribution in [3.63, 3.8) is 0 Å². The number of nitrogens with zero attached hydrogens (tertiary/aromatic N) is 3. The number of amides is 1. The minimum absolute atomic E-state index is 0.00746. The lowest BCUT2D eigenvalue weighted by Gasteiger charge is -2.40. The fraction of sp³-hybridized carbons (Fsp3) is 0.292. The van der Waals surface area contributed by atoms with E-state index in [1.807, 2.05) is 0 Å². The zero-order valence-electron chi connectivity index (χ0n) is 18.9. The van der Waals surface area contributed by atoms with Gasteiger partial charge in [0.1, 0.15) is 11.6 Å². The number of pyridine rings is 2. The van der Waals surface area contributed by atoms with E-state index in [-0.39, 0.29) is 24.7 Å². The van der Waals surface area contributed by atoms with Gasteiger partial charge in [0.05, 0.1) is 18.2 Å². The van der Waals surface area contributed by atoms with E-state index in [1.165, 1.54) is 24.3 Å². The van der Waals surface area contributed by atoms with E-state index >= 15 is 0 Å². The van der Waals surface area contributed by atoms with Crippen LogP contribution in [0.2, 0.25) is 0 Å². The van der Waals surface area contributed by atoms with Gasteiger partial charge in [-0.1, -0.05) is 0 Å². The average molecular weight is 508 g/mol. The van der Waals surface area contributed by atoms with E-state index in [1.54, 1.807) is 11.8 Å². The van der Waals surface area contributed by atoms with Crippen LogP contribution in [-0.2, 0) is 4.79 Å². The Hall–Kier alpha value is -3.80. The molecule has 36 heavy (non-hydrogen) atoms. The molecule has 0 saturated carbocycles. The molecule has 1 aliphatic rings. The molecule has 3 heterocycles. The first-order valence-corrected chi connectivity index (χ1v) is 10.9. The molecule has 0 radical (unpaired) electrons. The van der Waals surface area contributed by atoms with Gasteiger partial charge in [0.2, 0.25) is 11.7 Å². The lowest BCUT2D eigenvalue weighted by molar-refractivity contribution is -0.605. The van der Waals surface area contributed by atoms with Gasteiger partial charge in [-0.05, 0) is 36.8 Å². The summed E-state index contributed by atoms with van der Waals surface area (Å²) in [6, 6.07) is 6.26. The zero-order valence-corrected chi connectivity index (χ0v) is 18.9. The van der Waals surface area contributed by atoms with Crippen LogP contribution in [0.25, 0.3) is 0 Å². The van der Waals surface area contributed by atoms with Gasteiger partial charge in [0.15, 0.2) is 29.8 Å². The van der Waals surface area contributed by atoms with E-state index in [9.17, 15) is 32.0 Å². The second kappa shape index (κ2) is 10.1. The number of rotatable bonds is 6. The highest BCUT2D eigenvalue weighted by Crippen LogP contribution is 2.40. The number of carbonyl (C=O) groups excluding carboxylic acids is 1. The summed E-state index contributed by atoms with van der Waals surface area (Å²) < 4.78 is 75.1. The van der Waals surface area contributed by atoms with Gasteiger partial charge in [-0.15, -0.1) is 0 Å². The van der Waals surface area contributed by atoms with Crippen LogP contribution in [0.15, 0.2) is 55.0 Å². The third kappa shape index (κ3) is 5.38. The van der Waals surface area contributed by atoms with E-state index < -0.39 is 53.4 Å². The number of carbonyl (C=O) groups is 1. The van der Waals surface area contributed by atoms with Crippen molar-refractivity contribution < 1.29 is 36.2 Å². The van der Waals surface area contributed by atoms with Gasteiger partial charge in [0, 0.05) is 31.6 Å². The minimum Gasteiger partial charge on any atom is -0.619 e. The second-order valence-corrected chi connectivity index (χ2v) is 8.37. The van der Waals surface area contributed by atoms with Gasteiger partial charge >= 0.3 is 0 Å². The number of ether oxygens (including phenoxy) is 1. The second-order valence-electron chi connectivity index (χ2n) is 8.37. The maximum absolute atomic E-state index is 14.6. The monoisotopic (exact) mass is 508 g/mol. The fourth-order valence-electron chi connectivity index (χ4n) is 3.91. The fourth-order valence-corrected chi connectivity index (χ4v) is 3.91. The summed E-state index contributed by atoms with van der Waals surface area (Å²) in [5.41, 5.74) is 0.305. The lowest BCUT2D eigenvalue weighted by atomic mass is 9.87. The summed E-state index contributed by atoms with van der Waals surface area (Å²) in [6.45, 7) is 1.48.